The quantitative estimate of drug-likeness (QED) is 0.190. The highest BCUT2D eigenvalue weighted by atomic mass is 16.9. The van der Waals surface area contributed by atoms with Gasteiger partial charge in [-0.2, -0.15) is 0 Å². The van der Waals surface area contributed by atoms with E-state index in [1.54, 1.807) is 0 Å². The van der Waals surface area contributed by atoms with Gasteiger partial charge >= 0.3 is 0 Å². The van der Waals surface area contributed by atoms with E-state index in [0.717, 1.165) is 52.7 Å². The van der Waals surface area contributed by atoms with Gasteiger partial charge in [-0.3, -0.25) is 0 Å². The van der Waals surface area contributed by atoms with Crippen molar-refractivity contribution in [2.75, 3.05) is 101 Å². The van der Waals surface area contributed by atoms with Crippen LogP contribution in [-0.4, -0.2) is 145 Å². The first-order valence-electron chi connectivity index (χ1n) is 10.8. The van der Waals surface area contributed by atoms with Crippen molar-refractivity contribution in [2.45, 2.75) is 20.8 Å². The molecule has 0 rings (SSSR count). The van der Waals surface area contributed by atoms with E-state index in [1.165, 1.54) is 0 Å². The zero-order valence-electron chi connectivity index (χ0n) is 23.1. The molecule has 36 heavy (non-hydrogen) atoms. The molecule has 0 saturated carbocycles. The highest BCUT2D eigenvalue weighted by Crippen LogP contribution is 1.93. The molecule has 0 atom stereocenters. The molecule has 0 aliphatic rings. The molecule has 0 amide bonds. The van der Waals surface area contributed by atoms with Crippen molar-refractivity contribution < 1.29 is 44.0 Å². The molecule has 222 valence electrons. The van der Waals surface area contributed by atoms with Gasteiger partial charge in [0.25, 0.3) is 0 Å². The lowest BCUT2D eigenvalue weighted by Gasteiger charge is -2.26. The van der Waals surface area contributed by atoms with Crippen molar-refractivity contribution in [3.05, 3.63) is 46.0 Å². The van der Waals surface area contributed by atoms with E-state index in [0.29, 0.717) is 19.8 Å². The molecule has 0 radical (unpaired) electrons. The van der Waals surface area contributed by atoms with Crippen LogP contribution in [0.5, 0.6) is 0 Å². The largest absolute Gasteiger partial charge is 0.391 e. The minimum Gasteiger partial charge on any atom is -0.391 e. The summed E-state index contributed by atoms with van der Waals surface area (Å²) in [6.45, 7) is 13.1. The van der Waals surface area contributed by atoms with E-state index in [9.17, 15) is 0 Å². The predicted molar refractivity (Wildman–Crippen MR) is 135 cm³/mol. The highest BCUT2D eigenvalue weighted by molar-refractivity contribution is 4.26. The van der Waals surface area contributed by atoms with Crippen molar-refractivity contribution in [2.24, 2.45) is 0 Å². The Kier molecular flexibility index (Phi) is 37.1. The minimum atomic E-state index is -1.75. The molecular formula is C18H48N6O12. The van der Waals surface area contributed by atoms with Gasteiger partial charge in [0, 0.05) is 0 Å². The summed E-state index contributed by atoms with van der Waals surface area (Å²) in [7, 11) is 12.6. The number of hydrogen-bond donors (Lipinski definition) is 3. The molecule has 18 heteroatoms. The zero-order valence-corrected chi connectivity index (χ0v) is 23.1. The molecule has 0 unspecified atom stereocenters. The van der Waals surface area contributed by atoms with Crippen LogP contribution in [0.1, 0.15) is 20.8 Å². The average Bonchev–Trinajstić information content (AvgIpc) is 2.68. The molecule has 0 aromatic heterocycles. The maximum Gasteiger partial charge on any atom is 0.102 e. The van der Waals surface area contributed by atoms with Gasteiger partial charge in [0.2, 0.25) is 0 Å². The number of hydrogen-bond acceptors (Lipinski definition) is 12. The van der Waals surface area contributed by atoms with E-state index < -0.39 is 15.3 Å². The second-order valence-electron chi connectivity index (χ2n) is 8.77. The summed E-state index contributed by atoms with van der Waals surface area (Å²) >= 11 is 0. The van der Waals surface area contributed by atoms with E-state index in [1.807, 2.05) is 0 Å². The Balaban J connectivity index is -0.0000000773. The molecule has 0 aliphatic heterocycles. The van der Waals surface area contributed by atoms with Gasteiger partial charge in [-0.15, -0.1) is 0 Å². The third kappa shape index (κ3) is 85.8. The zero-order chi connectivity index (χ0) is 30.6. The van der Waals surface area contributed by atoms with E-state index in [4.69, 9.17) is 61.3 Å². The van der Waals surface area contributed by atoms with Crippen LogP contribution in [0.15, 0.2) is 0 Å². The van der Waals surface area contributed by atoms with Crippen molar-refractivity contribution >= 4 is 0 Å². The summed E-state index contributed by atoms with van der Waals surface area (Å²) in [5.74, 6) is 0. The Morgan fingerprint density at radius 3 is 0.611 bits per heavy atom. The van der Waals surface area contributed by atoms with E-state index >= 15 is 0 Å². The Labute approximate surface area is 212 Å². The molecule has 18 nitrogen and oxygen atoms in total. The van der Waals surface area contributed by atoms with Crippen molar-refractivity contribution in [1.82, 2.24) is 0 Å². The van der Waals surface area contributed by atoms with Gasteiger partial charge in [0.05, 0.1) is 97.0 Å². The van der Waals surface area contributed by atoms with Crippen LogP contribution in [0, 0.1) is 46.0 Å². The second kappa shape index (κ2) is 28.6. The van der Waals surface area contributed by atoms with Gasteiger partial charge < -0.3 is 74.7 Å². The summed E-state index contributed by atoms with van der Waals surface area (Å²) in [5.41, 5.74) is 0. The molecule has 0 fully saturated rings. The van der Waals surface area contributed by atoms with Crippen molar-refractivity contribution in [3.8, 4) is 0 Å². The van der Waals surface area contributed by atoms with Gasteiger partial charge in [-0.25, -0.2) is 0 Å². The fraction of sp³-hybridized carbons (Fsp3) is 1.00. The third-order valence-corrected chi connectivity index (χ3v) is 4.68. The third-order valence-electron chi connectivity index (χ3n) is 4.68. The summed E-state index contributed by atoms with van der Waals surface area (Å²) in [6.07, 6.45) is 0. The van der Waals surface area contributed by atoms with Crippen LogP contribution in [0.4, 0.5) is 0 Å². The van der Waals surface area contributed by atoms with Crippen molar-refractivity contribution in [3.63, 3.8) is 0 Å². The normalized spacial score (nSPS) is 10.0. The molecule has 0 aliphatic carbocycles. The summed E-state index contributed by atoms with van der Waals surface area (Å²) < 4.78 is 2.74. The number of quaternary nitrogens is 3. The monoisotopic (exact) mass is 540 g/mol. The lowest BCUT2D eigenvalue weighted by atomic mass is 10.4. The molecule has 0 bridgehead atoms. The summed E-state index contributed by atoms with van der Waals surface area (Å²) in [4.78, 5) is 24.8. The predicted octanol–water partition coefficient (Wildman–Crippen LogP) is -0.492. The topological polar surface area (TPSA) is 259 Å². The number of aliphatic hydroxyl groups excluding tert-OH is 3. The molecule has 0 aromatic rings. The number of rotatable bonds is 9. The molecule has 0 spiro atoms. The van der Waals surface area contributed by atoms with Crippen LogP contribution < -0.4 is 0 Å². The smallest absolute Gasteiger partial charge is 0.102 e. The average molecular weight is 541 g/mol. The number of nitrogens with zero attached hydrogens (tertiary/aromatic N) is 6. The molecule has 0 heterocycles. The standard InChI is InChI=1S/3C6H16NO.3NO3/c3*1-4-7(2,3)5-6-8;3*2-1(3)4/h3*8H,4-6H2,1-3H3;;;/q3*+1;3*-1. The first-order valence-corrected chi connectivity index (χ1v) is 10.8. The van der Waals surface area contributed by atoms with Gasteiger partial charge in [0.1, 0.15) is 19.6 Å². The number of likely N-dealkylation sites (N-methyl/N-ethyl adjacent to an activating group) is 3. The second-order valence-corrected chi connectivity index (χ2v) is 8.77. The van der Waals surface area contributed by atoms with Crippen LogP contribution in [0.2, 0.25) is 0 Å². The lowest BCUT2D eigenvalue weighted by molar-refractivity contribution is -0.888. The van der Waals surface area contributed by atoms with E-state index in [-0.39, 0.29) is 0 Å². The van der Waals surface area contributed by atoms with Crippen LogP contribution >= 0.6 is 0 Å². The van der Waals surface area contributed by atoms with E-state index in [2.05, 4.69) is 63.1 Å². The summed E-state index contributed by atoms with van der Waals surface area (Å²) in [5, 5.41) is 69.8. The fourth-order valence-electron chi connectivity index (χ4n) is 1.29. The first-order chi connectivity index (χ1) is 16.1. The van der Waals surface area contributed by atoms with Gasteiger partial charge in [-0.1, -0.05) is 0 Å². The Morgan fingerprint density at radius 2 is 0.583 bits per heavy atom. The summed E-state index contributed by atoms with van der Waals surface area (Å²) in [6, 6.07) is 0. The Morgan fingerprint density at radius 1 is 0.472 bits per heavy atom. The molecule has 0 saturated heterocycles. The SMILES string of the molecule is CC[N+](C)(C)CCO.CC[N+](C)(C)CCO.CC[N+](C)(C)CCO.O=[N+]([O-])[O-].O=[N+]([O-])[O-].O=[N+]([O-])[O-]. The van der Waals surface area contributed by atoms with Crippen LogP contribution in [0.3, 0.4) is 0 Å². The van der Waals surface area contributed by atoms with Crippen LogP contribution in [0.25, 0.3) is 0 Å². The first kappa shape index (κ1) is 46.7. The van der Waals surface area contributed by atoms with Gasteiger partial charge in [0.15, 0.2) is 0 Å². The highest BCUT2D eigenvalue weighted by Gasteiger charge is 2.09. The maximum absolute atomic E-state index is 8.52. The Hall–Kier alpha value is -2.64. The lowest BCUT2D eigenvalue weighted by Crippen LogP contribution is -2.41. The molecular weight excluding hydrogens is 492 g/mol. The molecule has 0 aromatic carbocycles. The molecule has 3 N–H and O–H groups in total. The van der Waals surface area contributed by atoms with Gasteiger partial charge in [-0.05, 0) is 20.8 Å². The van der Waals surface area contributed by atoms with Crippen LogP contribution in [-0.2, 0) is 0 Å². The maximum atomic E-state index is 8.52. The Bertz CT molecular complexity index is 439. The van der Waals surface area contributed by atoms with Crippen molar-refractivity contribution in [1.29, 1.82) is 0 Å². The fourth-order valence-corrected chi connectivity index (χ4v) is 1.29. The minimum absolute atomic E-state index is 0.292. The number of aliphatic hydroxyl groups is 3.